The Kier molecular flexibility index (Phi) is 4.22. The van der Waals surface area contributed by atoms with Crippen molar-refractivity contribution >= 4 is 5.82 Å². The van der Waals surface area contributed by atoms with Crippen LogP contribution < -0.4 is 4.90 Å². The highest BCUT2D eigenvalue weighted by Crippen LogP contribution is 2.20. The molecular formula is C16H26N4. The Morgan fingerprint density at radius 3 is 2.50 bits per heavy atom. The predicted octanol–water partition coefficient (Wildman–Crippen LogP) is 1.54. The number of aromatic nitrogens is 1. The van der Waals surface area contributed by atoms with Crippen molar-refractivity contribution in [2.75, 3.05) is 50.7 Å². The molecule has 0 atom stereocenters. The molecule has 2 aliphatic heterocycles. The van der Waals surface area contributed by atoms with E-state index >= 15 is 0 Å². The van der Waals surface area contributed by atoms with E-state index in [2.05, 4.69) is 45.7 Å². The number of hydrogen-bond donors (Lipinski definition) is 0. The fourth-order valence-corrected chi connectivity index (χ4v) is 3.30. The maximum Gasteiger partial charge on any atom is 0.128 e. The molecule has 0 N–H and O–H groups in total. The van der Waals surface area contributed by atoms with Crippen molar-refractivity contribution in [3.63, 3.8) is 0 Å². The minimum Gasteiger partial charge on any atom is -0.354 e. The fraction of sp³-hybridized carbons (Fsp3) is 0.688. The van der Waals surface area contributed by atoms with Crippen LogP contribution in [0.15, 0.2) is 24.4 Å². The summed E-state index contributed by atoms with van der Waals surface area (Å²) in [7, 11) is 0. The zero-order valence-corrected chi connectivity index (χ0v) is 12.7. The Morgan fingerprint density at radius 2 is 1.90 bits per heavy atom. The molecule has 20 heavy (non-hydrogen) atoms. The molecule has 0 spiro atoms. The minimum absolute atomic E-state index is 0.789. The van der Waals surface area contributed by atoms with E-state index in [0.29, 0.717) is 0 Å². The van der Waals surface area contributed by atoms with Gasteiger partial charge in [0.1, 0.15) is 5.82 Å². The van der Waals surface area contributed by atoms with Crippen LogP contribution in [0.2, 0.25) is 0 Å². The van der Waals surface area contributed by atoms with Gasteiger partial charge >= 0.3 is 0 Å². The first-order chi connectivity index (χ1) is 9.72. The molecule has 4 nitrogen and oxygen atoms in total. The average Bonchev–Trinajstić information content (AvgIpc) is 2.43. The van der Waals surface area contributed by atoms with E-state index in [4.69, 9.17) is 0 Å². The van der Waals surface area contributed by atoms with Crippen LogP contribution >= 0.6 is 0 Å². The quantitative estimate of drug-likeness (QED) is 0.831. The van der Waals surface area contributed by atoms with Crippen LogP contribution in [-0.2, 0) is 0 Å². The maximum atomic E-state index is 4.45. The highest BCUT2D eigenvalue weighted by Gasteiger charge is 2.33. The molecule has 4 heteroatoms. The van der Waals surface area contributed by atoms with Gasteiger partial charge in [0, 0.05) is 58.1 Å². The normalized spacial score (nSPS) is 22.2. The number of piperazine rings is 1. The van der Waals surface area contributed by atoms with E-state index in [9.17, 15) is 0 Å². The van der Waals surface area contributed by atoms with Crippen LogP contribution in [0.3, 0.4) is 0 Å². The Labute approximate surface area is 122 Å². The molecule has 0 aliphatic carbocycles. The number of anilines is 1. The first-order valence-corrected chi connectivity index (χ1v) is 7.85. The van der Waals surface area contributed by atoms with Gasteiger partial charge in [0.05, 0.1) is 0 Å². The van der Waals surface area contributed by atoms with E-state index in [1.807, 2.05) is 12.3 Å². The fourth-order valence-electron chi connectivity index (χ4n) is 3.30. The van der Waals surface area contributed by atoms with Gasteiger partial charge in [-0.05, 0) is 18.1 Å². The molecule has 1 aromatic rings. The summed E-state index contributed by atoms with van der Waals surface area (Å²) < 4.78 is 0. The second kappa shape index (κ2) is 6.10. The summed E-state index contributed by atoms with van der Waals surface area (Å²) >= 11 is 0. The van der Waals surface area contributed by atoms with Crippen molar-refractivity contribution in [2.24, 2.45) is 5.92 Å². The topological polar surface area (TPSA) is 22.6 Å². The lowest BCUT2D eigenvalue weighted by Gasteiger charge is -2.48. The zero-order valence-electron chi connectivity index (χ0n) is 12.7. The molecule has 2 aliphatic rings. The molecule has 0 bridgehead atoms. The van der Waals surface area contributed by atoms with Crippen LogP contribution in [0.1, 0.15) is 13.8 Å². The first kappa shape index (κ1) is 13.8. The van der Waals surface area contributed by atoms with Crippen molar-refractivity contribution in [3.05, 3.63) is 24.4 Å². The summed E-state index contributed by atoms with van der Waals surface area (Å²) in [6, 6.07) is 6.96. The van der Waals surface area contributed by atoms with E-state index in [0.717, 1.165) is 30.9 Å². The molecule has 2 saturated heterocycles. The Hall–Kier alpha value is -1.13. The zero-order chi connectivity index (χ0) is 13.9. The minimum atomic E-state index is 0.789. The molecule has 0 saturated carbocycles. The van der Waals surface area contributed by atoms with Gasteiger partial charge in [0.2, 0.25) is 0 Å². The summed E-state index contributed by atoms with van der Waals surface area (Å²) in [5.41, 5.74) is 0. The average molecular weight is 274 g/mol. The van der Waals surface area contributed by atoms with Gasteiger partial charge in [-0.2, -0.15) is 0 Å². The number of pyridine rings is 1. The van der Waals surface area contributed by atoms with Gasteiger partial charge in [-0.1, -0.05) is 19.9 Å². The molecule has 1 aromatic heterocycles. The smallest absolute Gasteiger partial charge is 0.128 e. The van der Waals surface area contributed by atoms with Crippen LogP contribution in [0, 0.1) is 5.92 Å². The van der Waals surface area contributed by atoms with Gasteiger partial charge in [-0.3, -0.25) is 9.80 Å². The summed E-state index contributed by atoms with van der Waals surface area (Å²) in [5.74, 6) is 1.92. The lowest BCUT2D eigenvalue weighted by molar-refractivity contribution is 0.0239. The Morgan fingerprint density at radius 1 is 1.15 bits per heavy atom. The number of rotatable bonds is 4. The van der Waals surface area contributed by atoms with Crippen LogP contribution in [0.5, 0.6) is 0 Å². The third kappa shape index (κ3) is 3.13. The second-order valence-electron chi connectivity index (χ2n) is 6.48. The molecule has 0 aromatic carbocycles. The van der Waals surface area contributed by atoms with Crippen molar-refractivity contribution in [2.45, 2.75) is 19.9 Å². The van der Waals surface area contributed by atoms with Crippen LogP contribution in [0.25, 0.3) is 0 Å². The number of hydrogen-bond acceptors (Lipinski definition) is 4. The molecule has 2 fully saturated rings. The molecule has 110 valence electrons. The summed E-state index contributed by atoms with van der Waals surface area (Å²) in [4.78, 5) is 12.1. The summed E-state index contributed by atoms with van der Waals surface area (Å²) in [5, 5.41) is 0. The van der Waals surface area contributed by atoms with Crippen LogP contribution in [-0.4, -0.2) is 66.6 Å². The largest absolute Gasteiger partial charge is 0.354 e. The van der Waals surface area contributed by atoms with Gasteiger partial charge in [0.25, 0.3) is 0 Å². The van der Waals surface area contributed by atoms with Crippen molar-refractivity contribution in [1.29, 1.82) is 0 Å². The molecule has 0 unspecified atom stereocenters. The first-order valence-electron chi connectivity index (χ1n) is 7.85. The van der Waals surface area contributed by atoms with Gasteiger partial charge in [0.15, 0.2) is 0 Å². The SMILES string of the molecule is CC(C)CN1CC(N2CCN(c3ccccn3)CC2)C1. The van der Waals surface area contributed by atoms with Crippen molar-refractivity contribution < 1.29 is 0 Å². The summed E-state index contributed by atoms with van der Waals surface area (Å²) in [6.07, 6.45) is 1.89. The second-order valence-corrected chi connectivity index (χ2v) is 6.48. The third-order valence-corrected chi connectivity index (χ3v) is 4.37. The maximum absolute atomic E-state index is 4.45. The summed E-state index contributed by atoms with van der Waals surface area (Å²) in [6.45, 7) is 13.0. The standard InChI is InChI=1S/C16H26N4/c1-14(2)11-18-12-15(13-18)19-7-9-20(10-8-19)16-5-3-4-6-17-16/h3-6,14-15H,7-13H2,1-2H3. The molecule has 3 heterocycles. The van der Waals surface area contributed by atoms with Gasteiger partial charge in [-0.25, -0.2) is 4.98 Å². The lowest BCUT2D eigenvalue weighted by Crippen LogP contribution is -2.63. The Bertz CT molecular complexity index is 406. The highest BCUT2D eigenvalue weighted by molar-refractivity contribution is 5.38. The third-order valence-electron chi connectivity index (χ3n) is 4.37. The van der Waals surface area contributed by atoms with Crippen molar-refractivity contribution in [3.8, 4) is 0 Å². The molecule has 3 rings (SSSR count). The molecule has 0 radical (unpaired) electrons. The van der Waals surface area contributed by atoms with E-state index in [-0.39, 0.29) is 0 Å². The lowest BCUT2D eigenvalue weighted by atomic mass is 10.0. The molecular weight excluding hydrogens is 248 g/mol. The predicted molar refractivity (Wildman–Crippen MR) is 83.1 cm³/mol. The van der Waals surface area contributed by atoms with E-state index in [1.165, 1.54) is 32.7 Å². The van der Waals surface area contributed by atoms with Gasteiger partial charge in [-0.15, -0.1) is 0 Å². The Balaban J connectivity index is 1.44. The van der Waals surface area contributed by atoms with E-state index < -0.39 is 0 Å². The monoisotopic (exact) mass is 274 g/mol. The number of likely N-dealkylation sites (tertiary alicyclic amines) is 1. The highest BCUT2D eigenvalue weighted by atomic mass is 15.4. The van der Waals surface area contributed by atoms with Crippen molar-refractivity contribution in [1.82, 2.24) is 14.8 Å². The van der Waals surface area contributed by atoms with E-state index in [1.54, 1.807) is 0 Å². The van der Waals surface area contributed by atoms with Gasteiger partial charge < -0.3 is 4.90 Å². The van der Waals surface area contributed by atoms with Crippen LogP contribution in [0.4, 0.5) is 5.82 Å². The molecule has 0 amide bonds. The number of nitrogens with zero attached hydrogens (tertiary/aromatic N) is 4.